The molecule has 3 rings (SSSR count). The zero-order chi connectivity index (χ0) is 15.4. The molecule has 2 aromatic heterocycles. The Kier molecular flexibility index (Phi) is 4.38. The monoisotopic (exact) mass is 304 g/mol. The highest BCUT2D eigenvalue weighted by Crippen LogP contribution is 2.28. The molecule has 1 saturated heterocycles. The number of hydrogen-bond acceptors (Lipinski definition) is 4. The third-order valence-electron chi connectivity index (χ3n) is 3.59. The van der Waals surface area contributed by atoms with Crippen LogP contribution in [0.4, 0.5) is 10.6 Å². The summed E-state index contributed by atoms with van der Waals surface area (Å²) in [5.74, 6) is 0.655. The number of hydrogen-bond donors (Lipinski definition) is 2. The number of urea groups is 1. The van der Waals surface area contributed by atoms with Crippen molar-refractivity contribution in [2.24, 2.45) is 7.05 Å². The number of aromatic nitrogens is 4. The smallest absolute Gasteiger partial charge is 0.320 e. The molecular weight excluding hydrogens is 284 g/mol. The van der Waals surface area contributed by atoms with E-state index in [2.05, 4.69) is 20.8 Å². The van der Waals surface area contributed by atoms with Crippen molar-refractivity contribution in [1.82, 2.24) is 24.9 Å². The molecule has 0 bridgehead atoms. The van der Waals surface area contributed by atoms with E-state index in [0.29, 0.717) is 18.9 Å². The van der Waals surface area contributed by atoms with Crippen LogP contribution in [-0.4, -0.2) is 38.7 Å². The number of nitrogens with one attached hydrogen (secondary N) is 2. The Balaban J connectivity index is 1.50. The SMILES string of the molecule is Cn1nc(C2CCCO2)cc1NC(=O)NCCn1cccn1. The largest absolute Gasteiger partial charge is 0.372 e. The third-order valence-corrected chi connectivity index (χ3v) is 3.59. The highest BCUT2D eigenvalue weighted by molar-refractivity contribution is 5.88. The van der Waals surface area contributed by atoms with Crippen LogP contribution in [0, 0.1) is 0 Å². The second-order valence-electron chi connectivity index (χ2n) is 5.23. The van der Waals surface area contributed by atoms with Crippen molar-refractivity contribution in [3.05, 3.63) is 30.2 Å². The van der Waals surface area contributed by atoms with Crippen LogP contribution < -0.4 is 10.6 Å². The van der Waals surface area contributed by atoms with Crippen LogP contribution in [0.1, 0.15) is 24.6 Å². The van der Waals surface area contributed by atoms with E-state index in [1.807, 2.05) is 18.3 Å². The van der Waals surface area contributed by atoms with Gasteiger partial charge in [0.1, 0.15) is 11.9 Å². The fourth-order valence-electron chi connectivity index (χ4n) is 2.45. The summed E-state index contributed by atoms with van der Waals surface area (Å²) in [6.07, 6.45) is 5.64. The second kappa shape index (κ2) is 6.61. The van der Waals surface area contributed by atoms with Crippen molar-refractivity contribution in [2.45, 2.75) is 25.5 Å². The van der Waals surface area contributed by atoms with E-state index in [0.717, 1.165) is 25.1 Å². The Morgan fingerprint density at radius 1 is 1.55 bits per heavy atom. The topological polar surface area (TPSA) is 86.0 Å². The third kappa shape index (κ3) is 3.45. The number of anilines is 1. The summed E-state index contributed by atoms with van der Waals surface area (Å²) in [4.78, 5) is 11.9. The number of aryl methyl sites for hydroxylation is 1. The molecule has 0 saturated carbocycles. The zero-order valence-corrected chi connectivity index (χ0v) is 12.5. The van der Waals surface area contributed by atoms with Gasteiger partial charge in [-0.3, -0.25) is 14.7 Å². The van der Waals surface area contributed by atoms with E-state index in [9.17, 15) is 4.79 Å². The van der Waals surface area contributed by atoms with Crippen LogP contribution in [0.2, 0.25) is 0 Å². The number of amides is 2. The molecule has 1 aliphatic rings. The molecule has 1 fully saturated rings. The van der Waals surface area contributed by atoms with Gasteiger partial charge in [-0.25, -0.2) is 4.79 Å². The zero-order valence-electron chi connectivity index (χ0n) is 12.5. The first-order valence-corrected chi connectivity index (χ1v) is 7.40. The van der Waals surface area contributed by atoms with E-state index < -0.39 is 0 Å². The molecule has 0 aromatic carbocycles. The average molecular weight is 304 g/mol. The maximum atomic E-state index is 11.9. The van der Waals surface area contributed by atoms with Gasteiger partial charge in [0.15, 0.2) is 0 Å². The molecule has 22 heavy (non-hydrogen) atoms. The molecule has 8 nitrogen and oxygen atoms in total. The molecule has 0 radical (unpaired) electrons. The predicted octanol–water partition coefficient (Wildman–Crippen LogP) is 1.29. The van der Waals surface area contributed by atoms with Crippen LogP contribution in [0.25, 0.3) is 0 Å². The van der Waals surface area contributed by atoms with Crippen molar-refractivity contribution in [1.29, 1.82) is 0 Å². The number of rotatable bonds is 5. The lowest BCUT2D eigenvalue weighted by atomic mass is 10.2. The normalized spacial score (nSPS) is 17.6. The van der Waals surface area contributed by atoms with Gasteiger partial charge in [-0.05, 0) is 18.9 Å². The maximum absolute atomic E-state index is 11.9. The highest BCUT2D eigenvalue weighted by atomic mass is 16.5. The van der Waals surface area contributed by atoms with Gasteiger partial charge in [0.25, 0.3) is 0 Å². The molecule has 1 atom stereocenters. The standard InChI is InChI=1S/C14H20N6O2/c1-19-13(10-11(18-19)12-4-2-9-22-12)17-14(21)15-6-8-20-7-3-5-16-20/h3,5,7,10,12H,2,4,6,8-9H2,1H3,(H2,15,17,21). The Labute approximate surface area is 128 Å². The van der Waals surface area contributed by atoms with E-state index in [-0.39, 0.29) is 12.1 Å². The first kappa shape index (κ1) is 14.6. The second-order valence-corrected chi connectivity index (χ2v) is 5.23. The van der Waals surface area contributed by atoms with Gasteiger partial charge in [-0.15, -0.1) is 0 Å². The van der Waals surface area contributed by atoms with Gasteiger partial charge in [-0.2, -0.15) is 10.2 Å². The maximum Gasteiger partial charge on any atom is 0.320 e. The number of nitrogens with zero attached hydrogens (tertiary/aromatic N) is 4. The minimum atomic E-state index is -0.256. The quantitative estimate of drug-likeness (QED) is 0.871. The van der Waals surface area contributed by atoms with Gasteiger partial charge in [0, 0.05) is 38.7 Å². The Morgan fingerprint density at radius 2 is 2.45 bits per heavy atom. The lowest BCUT2D eigenvalue weighted by Gasteiger charge is -2.07. The molecule has 118 valence electrons. The molecule has 1 aliphatic heterocycles. The Hall–Kier alpha value is -2.35. The lowest BCUT2D eigenvalue weighted by molar-refractivity contribution is 0.108. The van der Waals surface area contributed by atoms with E-state index in [1.165, 1.54) is 0 Å². The van der Waals surface area contributed by atoms with Gasteiger partial charge in [0.2, 0.25) is 0 Å². The lowest BCUT2D eigenvalue weighted by Crippen LogP contribution is -2.32. The average Bonchev–Trinajstić information content (AvgIpc) is 3.21. The molecular formula is C14H20N6O2. The van der Waals surface area contributed by atoms with E-state index in [1.54, 1.807) is 22.6 Å². The first-order valence-electron chi connectivity index (χ1n) is 7.40. The van der Waals surface area contributed by atoms with Crippen LogP contribution >= 0.6 is 0 Å². The molecule has 2 amide bonds. The van der Waals surface area contributed by atoms with Crippen molar-refractivity contribution in [3.63, 3.8) is 0 Å². The fraction of sp³-hybridized carbons (Fsp3) is 0.500. The molecule has 0 spiro atoms. The van der Waals surface area contributed by atoms with Gasteiger partial charge in [0.05, 0.1) is 12.2 Å². The van der Waals surface area contributed by atoms with Crippen LogP contribution in [-0.2, 0) is 18.3 Å². The minimum Gasteiger partial charge on any atom is -0.372 e. The molecule has 8 heteroatoms. The molecule has 2 aromatic rings. The molecule has 1 unspecified atom stereocenters. The summed E-state index contributed by atoms with van der Waals surface area (Å²) in [6, 6.07) is 3.46. The van der Waals surface area contributed by atoms with Gasteiger partial charge >= 0.3 is 6.03 Å². The van der Waals surface area contributed by atoms with Gasteiger partial charge in [-0.1, -0.05) is 0 Å². The highest BCUT2D eigenvalue weighted by Gasteiger charge is 2.21. The summed E-state index contributed by atoms with van der Waals surface area (Å²) in [5.41, 5.74) is 0.867. The first-order chi connectivity index (χ1) is 10.7. The minimum absolute atomic E-state index is 0.0460. The van der Waals surface area contributed by atoms with Crippen molar-refractivity contribution in [3.8, 4) is 0 Å². The Morgan fingerprint density at radius 3 is 3.18 bits per heavy atom. The van der Waals surface area contributed by atoms with Crippen molar-refractivity contribution < 1.29 is 9.53 Å². The van der Waals surface area contributed by atoms with Crippen molar-refractivity contribution in [2.75, 3.05) is 18.5 Å². The molecule has 0 aliphatic carbocycles. The number of ether oxygens (including phenoxy) is 1. The summed E-state index contributed by atoms with van der Waals surface area (Å²) in [6.45, 7) is 1.91. The summed E-state index contributed by atoms with van der Waals surface area (Å²) >= 11 is 0. The predicted molar refractivity (Wildman–Crippen MR) is 80.4 cm³/mol. The van der Waals surface area contributed by atoms with E-state index >= 15 is 0 Å². The van der Waals surface area contributed by atoms with Crippen molar-refractivity contribution >= 4 is 11.8 Å². The number of carbonyl (C=O) groups excluding carboxylic acids is 1. The van der Waals surface area contributed by atoms with Crippen LogP contribution in [0.5, 0.6) is 0 Å². The molecule has 3 heterocycles. The summed E-state index contributed by atoms with van der Waals surface area (Å²) in [5, 5.41) is 14.1. The van der Waals surface area contributed by atoms with E-state index in [4.69, 9.17) is 4.74 Å². The van der Waals surface area contributed by atoms with Gasteiger partial charge < -0.3 is 10.1 Å². The molecule has 2 N–H and O–H groups in total. The fourth-order valence-corrected chi connectivity index (χ4v) is 2.45. The number of carbonyl (C=O) groups is 1. The Bertz CT molecular complexity index is 615. The summed E-state index contributed by atoms with van der Waals surface area (Å²) < 4.78 is 9.03. The summed E-state index contributed by atoms with van der Waals surface area (Å²) in [7, 11) is 1.80. The van der Waals surface area contributed by atoms with Crippen LogP contribution in [0.3, 0.4) is 0 Å². The van der Waals surface area contributed by atoms with Crippen LogP contribution in [0.15, 0.2) is 24.5 Å².